The van der Waals surface area contributed by atoms with E-state index < -0.39 is 66.1 Å². The van der Waals surface area contributed by atoms with Crippen molar-refractivity contribution < 1.29 is 33.9 Å². The third-order valence-corrected chi connectivity index (χ3v) is 6.68. The van der Waals surface area contributed by atoms with E-state index in [2.05, 4.69) is 20.9 Å². The van der Waals surface area contributed by atoms with Gasteiger partial charge in [0.1, 0.15) is 18.1 Å². The number of carbonyl (C=O) groups is 6. The minimum Gasteiger partial charge on any atom is -0.480 e. The van der Waals surface area contributed by atoms with E-state index in [1.54, 1.807) is 12.5 Å². The van der Waals surface area contributed by atoms with E-state index in [0.29, 0.717) is 11.3 Å². The lowest BCUT2D eigenvalue weighted by Crippen LogP contribution is -2.58. The van der Waals surface area contributed by atoms with Gasteiger partial charge in [0.15, 0.2) is 0 Å². The number of carboxylic acids is 1. The third kappa shape index (κ3) is 9.89. The molecule has 0 bridgehead atoms. The average molecular weight is 578 g/mol. The van der Waals surface area contributed by atoms with Crippen LogP contribution in [0.15, 0.2) is 30.5 Å². The fourth-order valence-corrected chi connectivity index (χ4v) is 4.36. The molecule has 40 heavy (non-hydrogen) atoms. The topological polar surface area (TPSA) is 253 Å². The van der Waals surface area contributed by atoms with Crippen LogP contribution in [0.4, 0.5) is 0 Å². The largest absolute Gasteiger partial charge is 0.480 e. The van der Waals surface area contributed by atoms with Crippen LogP contribution in [-0.4, -0.2) is 81.8 Å². The first-order chi connectivity index (χ1) is 18.9. The van der Waals surface area contributed by atoms with Gasteiger partial charge in [-0.2, -0.15) is 11.8 Å². The van der Waals surface area contributed by atoms with Crippen molar-refractivity contribution in [2.24, 2.45) is 17.2 Å². The second kappa shape index (κ2) is 15.5. The summed E-state index contributed by atoms with van der Waals surface area (Å²) in [6.07, 6.45) is 2.74. The van der Waals surface area contributed by atoms with E-state index in [1.165, 1.54) is 11.8 Å². The number of hydrogen-bond acceptors (Lipinski definition) is 8. The minimum atomic E-state index is -1.46. The number of para-hydroxylation sites is 1. The lowest BCUT2D eigenvalue weighted by molar-refractivity contribution is -0.142. The molecule has 0 aliphatic rings. The fraction of sp³-hybridized carbons (Fsp3) is 0.440. The van der Waals surface area contributed by atoms with Gasteiger partial charge in [0.25, 0.3) is 0 Å². The van der Waals surface area contributed by atoms with Crippen LogP contribution in [0.25, 0.3) is 10.9 Å². The number of thioether (sulfide) groups is 1. The molecule has 0 aliphatic heterocycles. The molecule has 0 saturated carbocycles. The van der Waals surface area contributed by atoms with Gasteiger partial charge in [-0.05, 0) is 36.5 Å². The smallest absolute Gasteiger partial charge is 0.326 e. The summed E-state index contributed by atoms with van der Waals surface area (Å²) in [5.41, 5.74) is 17.5. The first-order valence-electron chi connectivity index (χ1n) is 12.4. The number of benzene rings is 1. The normalized spacial score (nSPS) is 13.9. The maximum absolute atomic E-state index is 13.2. The molecule has 14 nitrogen and oxygen atoms in total. The van der Waals surface area contributed by atoms with E-state index in [4.69, 9.17) is 17.2 Å². The Labute approximate surface area is 234 Å². The van der Waals surface area contributed by atoms with Crippen LogP contribution < -0.4 is 33.2 Å². The van der Waals surface area contributed by atoms with Gasteiger partial charge in [-0.25, -0.2) is 4.79 Å². The van der Waals surface area contributed by atoms with Crippen molar-refractivity contribution in [3.63, 3.8) is 0 Å². The zero-order chi connectivity index (χ0) is 29.8. The number of carboxylic acid groups (broad SMARTS) is 1. The monoisotopic (exact) mass is 577 g/mol. The second-order valence-electron chi connectivity index (χ2n) is 9.15. The first-order valence-corrected chi connectivity index (χ1v) is 13.8. The number of aliphatic carboxylic acids is 1. The molecular formula is C25H35N7O7S. The van der Waals surface area contributed by atoms with Crippen LogP contribution in [0.2, 0.25) is 0 Å². The van der Waals surface area contributed by atoms with Gasteiger partial charge in [-0.1, -0.05) is 18.2 Å². The molecule has 2 aromatic rings. The van der Waals surface area contributed by atoms with Crippen LogP contribution in [0.5, 0.6) is 0 Å². The average Bonchev–Trinajstić information content (AvgIpc) is 3.30. The Morgan fingerprint density at radius 3 is 2.15 bits per heavy atom. The van der Waals surface area contributed by atoms with E-state index in [9.17, 15) is 33.9 Å². The zero-order valence-electron chi connectivity index (χ0n) is 22.0. The van der Waals surface area contributed by atoms with Crippen molar-refractivity contribution in [1.82, 2.24) is 20.9 Å². The number of primary amides is 2. The highest BCUT2D eigenvalue weighted by Crippen LogP contribution is 2.19. The molecule has 5 amide bonds. The highest BCUT2D eigenvalue weighted by Gasteiger charge is 2.31. The van der Waals surface area contributed by atoms with Gasteiger partial charge in [0, 0.05) is 29.9 Å². The molecule has 1 aromatic heterocycles. The SMILES string of the molecule is CSCCC(NC(=O)C(CC(N)=O)NC(=O)C(N)CCC(N)=O)C(=O)NC(Cc1c[nH]c2ccccc12)C(=O)O. The molecule has 218 valence electrons. The number of aromatic amines is 1. The molecule has 15 heteroatoms. The van der Waals surface area contributed by atoms with Gasteiger partial charge in [0.2, 0.25) is 29.5 Å². The van der Waals surface area contributed by atoms with Gasteiger partial charge < -0.3 is 43.2 Å². The summed E-state index contributed by atoms with van der Waals surface area (Å²) < 4.78 is 0. The zero-order valence-corrected chi connectivity index (χ0v) is 22.8. The number of amides is 5. The molecule has 0 fully saturated rings. The fourth-order valence-electron chi connectivity index (χ4n) is 3.89. The van der Waals surface area contributed by atoms with Crippen molar-refractivity contribution in [2.45, 2.75) is 56.3 Å². The van der Waals surface area contributed by atoms with E-state index in [0.717, 1.165) is 10.9 Å². The molecule has 1 aromatic carbocycles. The van der Waals surface area contributed by atoms with Crippen LogP contribution in [0.3, 0.4) is 0 Å². The van der Waals surface area contributed by atoms with E-state index in [-0.39, 0.29) is 25.7 Å². The minimum absolute atomic E-state index is 0.0160. The molecule has 4 unspecified atom stereocenters. The summed E-state index contributed by atoms with van der Waals surface area (Å²) in [5, 5.41) is 17.9. The van der Waals surface area contributed by atoms with Crippen LogP contribution >= 0.6 is 11.8 Å². The van der Waals surface area contributed by atoms with Crippen molar-refractivity contribution in [3.8, 4) is 0 Å². The van der Waals surface area contributed by atoms with E-state index in [1.807, 2.05) is 24.3 Å². The molecule has 1 heterocycles. The molecule has 0 saturated heterocycles. The number of nitrogens with two attached hydrogens (primary N) is 3. The Morgan fingerprint density at radius 1 is 0.900 bits per heavy atom. The van der Waals surface area contributed by atoms with Gasteiger partial charge in [-0.3, -0.25) is 24.0 Å². The molecule has 4 atom stereocenters. The van der Waals surface area contributed by atoms with Crippen LogP contribution in [0.1, 0.15) is 31.2 Å². The molecular weight excluding hydrogens is 542 g/mol. The Balaban J connectivity index is 2.15. The molecule has 11 N–H and O–H groups in total. The predicted octanol–water partition coefficient (Wildman–Crippen LogP) is -1.53. The lowest BCUT2D eigenvalue weighted by Gasteiger charge is -2.24. The Morgan fingerprint density at radius 2 is 1.52 bits per heavy atom. The van der Waals surface area contributed by atoms with Gasteiger partial charge in [-0.15, -0.1) is 0 Å². The number of hydrogen-bond donors (Lipinski definition) is 8. The number of H-pyrrole nitrogens is 1. The Bertz CT molecular complexity index is 1240. The number of fused-ring (bicyclic) bond motifs is 1. The third-order valence-electron chi connectivity index (χ3n) is 6.03. The maximum Gasteiger partial charge on any atom is 0.326 e. The standard InChI is InChI=1S/C25H35N7O7S/c1-40-9-8-17(30-24(37)18(11-21(28)34)31-22(35)15(26)6-7-20(27)33)23(36)32-19(25(38)39)10-13-12-29-16-5-3-2-4-14(13)16/h2-5,12,15,17-19,29H,6-11,26H2,1H3,(H2,27,33)(H2,28,34)(H,30,37)(H,31,35)(H,32,36)(H,38,39). The first kappa shape index (κ1) is 32.1. The quantitative estimate of drug-likeness (QED) is 0.108. The van der Waals surface area contributed by atoms with Gasteiger partial charge >= 0.3 is 5.97 Å². The van der Waals surface area contributed by atoms with E-state index >= 15 is 0 Å². The highest BCUT2D eigenvalue weighted by molar-refractivity contribution is 7.98. The molecule has 0 radical (unpaired) electrons. The van der Waals surface area contributed by atoms with Crippen molar-refractivity contribution in [3.05, 3.63) is 36.0 Å². The second-order valence-corrected chi connectivity index (χ2v) is 10.1. The number of rotatable bonds is 17. The summed E-state index contributed by atoms with van der Waals surface area (Å²) in [6, 6.07) is 2.19. The van der Waals surface area contributed by atoms with Gasteiger partial charge in [0.05, 0.1) is 12.5 Å². The maximum atomic E-state index is 13.2. The summed E-state index contributed by atoms with van der Waals surface area (Å²) in [6.45, 7) is 0. The van der Waals surface area contributed by atoms with Crippen LogP contribution in [-0.2, 0) is 35.2 Å². The Kier molecular flexibility index (Phi) is 12.4. The summed E-state index contributed by atoms with van der Waals surface area (Å²) in [4.78, 5) is 76.3. The summed E-state index contributed by atoms with van der Waals surface area (Å²) in [5.74, 6) is -4.86. The summed E-state index contributed by atoms with van der Waals surface area (Å²) >= 11 is 1.40. The number of carbonyl (C=O) groups excluding carboxylic acids is 5. The summed E-state index contributed by atoms with van der Waals surface area (Å²) in [7, 11) is 0. The molecule has 0 spiro atoms. The van der Waals surface area contributed by atoms with Crippen molar-refractivity contribution in [2.75, 3.05) is 12.0 Å². The van der Waals surface area contributed by atoms with Crippen molar-refractivity contribution in [1.29, 1.82) is 0 Å². The highest BCUT2D eigenvalue weighted by atomic mass is 32.2. The Hall–Kier alpha value is -4.11. The molecule has 2 rings (SSSR count). The van der Waals surface area contributed by atoms with Crippen molar-refractivity contribution >= 4 is 58.2 Å². The molecule has 0 aliphatic carbocycles. The predicted molar refractivity (Wildman–Crippen MR) is 149 cm³/mol. The number of aromatic nitrogens is 1. The van der Waals surface area contributed by atoms with Crippen LogP contribution in [0, 0.1) is 0 Å². The number of nitrogens with one attached hydrogen (secondary N) is 4. The lowest BCUT2D eigenvalue weighted by atomic mass is 10.0.